The number of aromatic nitrogens is 3. The SMILES string of the molecule is O=C(NC[C@H]1[C@H]2C[C@H](CN(c3cnccn3)C2)[C@@H]2CCCCN21)c1ccncc1. The molecule has 0 spiro atoms. The average molecular weight is 393 g/mol. The average Bonchev–Trinajstić information content (AvgIpc) is 2.80. The summed E-state index contributed by atoms with van der Waals surface area (Å²) in [5.74, 6) is 2.17. The highest BCUT2D eigenvalue weighted by Crippen LogP contribution is 2.41. The Kier molecular flexibility index (Phi) is 5.14. The van der Waals surface area contributed by atoms with Crippen molar-refractivity contribution in [1.29, 1.82) is 0 Å². The first-order chi connectivity index (χ1) is 14.3. The molecule has 0 aliphatic carbocycles. The second kappa shape index (κ2) is 8.06. The number of carbonyl (C=O) groups excluding carboxylic acids is 1. The van der Waals surface area contributed by atoms with Gasteiger partial charge in [0, 0.05) is 62.1 Å². The number of nitrogens with zero attached hydrogens (tertiary/aromatic N) is 5. The van der Waals surface area contributed by atoms with Gasteiger partial charge in [-0.1, -0.05) is 6.42 Å². The van der Waals surface area contributed by atoms with Crippen LogP contribution in [0.2, 0.25) is 0 Å². The van der Waals surface area contributed by atoms with E-state index in [-0.39, 0.29) is 5.91 Å². The highest BCUT2D eigenvalue weighted by Gasteiger charge is 2.47. The largest absolute Gasteiger partial charge is 0.355 e. The Hall–Kier alpha value is -2.54. The van der Waals surface area contributed by atoms with Crippen LogP contribution in [0.25, 0.3) is 0 Å². The molecule has 3 fully saturated rings. The summed E-state index contributed by atoms with van der Waals surface area (Å²) in [6.45, 7) is 3.89. The van der Waals surface area contributed by atoms with E-state index in [2.05, 4.69) is 30.1 Å². The molecule has 2 aromatic rings. The van der Waals surface area contributed by atoms with Gasteiger partial charge in [0.05, 0.1) is 6.20 Å². The number of hydrogen-bond acceptors (Lipinski definition) is 6. The number of piperidine rings is 3. The molecule has 7 heteroatoms. The van der Waals surface area contributed by atoms with E-state index in [1.165, 1.54) is 25.7 Å². The third-order valence-electron chi connectivity index (χ3n) is 6.91. The minimum Gasteiger partial charge on any atom is -0.355 e. The summed E-state index contributed by atoms with van der Waals surface area (Å²) in [5.41, 5.74) is 0.675. The molecule has 2 bridgehead atoms. The minimum atomic E-state index is -0.00956. The van der Waals surface area contributed by atoms with E-state index >= 15 is 0 Å². The first-order valence-electron chi connectivity index (χ1n) is 10.7. The van der Waals surface area contributed by atoms with E-state index in [9.17, 15) is 4.79 Å². The maximum absolute atomic E-state index is 12.6. The maximum Gasteiger partial charge on any atom is 0.251 e. The number of amides is 1. The molecule has 2 aromatic heterocycles. The first kappa shape index (κ1) is 18.5. The standard InChI is InChI=1S/C22H28N6O/c29-22(16-4-6-23-7-5-16)26-12-20-18-11-17(19-3-1-2-10-28(19)20)14-27(15-18)21-13-24-8-9-25-21/h4-9,13,17-20H,1-3,10-12,14-15H2,(H,26,29)/t17-,18+,19+,20+/m1/s1. The van der Waals surface area contributed by atoms with Crippen molar-refractivity contribution in [3.8, 4) is 0 Å². The van der Waals surface area contributed by atoms with Crippen molar-refractivity contribution in [2.45, 2.75) is 37.8 Å². The summed E-state index contributed by atoms with van der Waals surface area (Å²) in [5, 5.41) is 3.20. The molecule has 0 unspecified atom stereocenters. The molecule has 152 valence electrons. The van der Waals surface area contributed by atoms with Crippen molar-refractivity contribution in [3.63, 3.8) is 0 Å². The van der Waals surface area contributed by atoms with Crippen molar-refractivity contribution in [2.75, 3.05) is 31.1 Å². The fourth-order valence-electron chi connectivity index (χ4n) is 5.63. The quantitative estimate of drug-likeness (QED) is 0.858. The lowest BCUT2D eigenvalue weighted by atomic mass is 9.72. The third kappa shape index (κ3) is 3.71. The Morgan fingerprint density at radius 1 is 1.07 bits per heavy atom. The number of pyridine rings is 1. The highest BCUT2D eigenvalue weighted by molar-refractivity contribution is 5.93. The Labute approximate surface area is 171 Å². The third-order valence-corrected chi connectivity index (χ3v) is 6.91. The molecular weight excluding hydrogens is 364 g/mol. The van der Waals surface area contributed by atoms with Crippen molar-refractivity contribution in [3.05, 3.63) is 48.7 Å². The number of hydrogen-bond donors (Lipinski definition) is 1. The normalized spacial score (nSPS) is 29.2. The molecular formula is C22H28N6O. The van der Waals surface area contributed by atoms with E-state index in [4.69, 9.17) is 0 Å². The molecule has 3 aliphatic rings. The molecule has 1 N–H and O–H groups in total. The van der Waals surface area contributed by atoms with Gasteiger partial charge in [-0.25, -0.2) is 4.98 Å². The van der Waals surface area contributed by atoms with Crippen molar-refractivity contribution < 1.29 is 4.79 Å². The summed E-state index contributed by atoms with van der Waals surface area (Å²) in [6, 6.07) is 4.53. The Morgan fingerprint density at radius 3 is 2.76 bits per heavy atom. The van der Waals surface area contributed by atoms with Gasteiger partial charge in [-0.3, -0.25) is 19.7 Å². The van der Waals surface area contributed by atoms with Crippen LogP contribution in [0.3, 0.4) is 0 Å². The monoisotopic (exact) mass is 392 g/mol. The van der Waals surface area contributed by atoms with E-state index in [0.29, 0.717) is 36.0 Å². The van der Waals surface area contributed by atoms with Crippen molar-refractivity contribution in [2.24, 2.45) is 11.8 Å². The van der Waals surface area contributed by atoms with Crippen LogP contribution >= 0.6 is 0 Å². The number of rotatable bonds is 4. The van der Waals surface area contributed by atoms with Gasteiger partial charge in [0.1, 0.15) is 5.82 Å². The molecule has 1 amide bonds. The lowest BCUT2D eigenvalue weighted by molar-refractivity contribution is -0.0307. The maximum atomic E-state index is 12.6. The molecule has 0 radical (unpaired) electrons. The zero-order valence-corrected chi connectivity index (χ0v) is 16.7. The molecule has 3 aliphatic heterocycles. The highest BCUT2D eigenvalue weighted by atomic mass is 16.1. The molecule has 5 rings (SSSR count). The van der Waals surface area contributed by atoms with Crippen LogP contribution in [-0.2, 0) is 0 Å². The van der Waals surface area contributed by atoms with Crippen LogP contribution in [-0.4, -0.2) is 64.0 Å². The molecule has 0 saturated carbocycles. The van der Waals surface area contributed by atoms with Crippen molar-refractivity contribution >= 4 is 11.7 Å². The number of nitrogens with one attached hydrogen (secondary N) is 1. The topological polar surface area (TPSA) is 74.2 Å². The van der Waals surface area contributed by atoms with Crippen LogP contribution in [0.15, 0.2) is 43.1 Å². The summed E-state index contributed by atoms with van der Waals surface area (Å²) in [7, 11) is 0. The van der Waals surface area contributed by atoms with Gasteiger partial charge < -0.3 is 10.2 Å². The summed E-state index contributed by atoms with van der Waals surface area (Å²) in [6.07, 6.45) is 13.8. The smallest absolute Gasteiger partial charge is 0.251 e. The zero-order valence-electron chi connectivity index (χ0n) is 16.7. The van der Waals surface area contributed by atoms with Gasteiger partial charge in [0.15, 0.2) is 0 Å². The second-order valence-electron chi connectivity index (χ2n) is 8.54. The van der Waals surface area contributed by atoms with Gasteiger partial charge in [0.2, 0.25) is 0 Å². The number of carbonyl (C=O) groups is 1. The number of fused-ring (bicyclic) bond motifs is 4. The van der Waals surface area contributed by atoms with Crippen LogP contribution in [0.1, 0.15) is 36.0 Å². The van der Waals surface area contributed by atoms with Gasteiger partial charge in [0.25, 0.3) is 5.91 Å². The molecule has 0 aromatic carbocycles. The summed E-state index contributed by atoms with van der Waals surface area (Å²) >= 11 is 0. The Bertz CT molecular complexity index is 832. The van der Waals surface area contributed by atoms with Crippen molar-refractivity contribution in [1.82, 2.24) is 25.2 Å². The van der Waals surface area contributed by atoms with Crippen LogP contribution in [0, 0.1) is 11.8 Å². The van der Waals surface area contributed by atoms with E-state index in [1.54, 1.807) is 36.9 Å². The first-order valence-corrected chi connectivity index (χ1v) is 10.7. The second-order valence-corrected chi connectivity index (χ2v) is 8.54. The molecule has 7 nitrogen and oxygen atoms in total. The Balaban J connectivity index is 1.34. The lowest BCUT2D eigenvalue weighted by Crippen LogP contribution is -2.65. The van der Waals surface area contributed by atoms with Crippen LogP contribution < -0.4 is 10.2 Å². The fraction of sp³-hybridized carbons (Fsp3) is 0.545. The molecule has 4 atom stereocenters. The zero-order chi connectivity index (χ0) is 19.6. The Morgan fingerprint density at radius 2 is 1.93 bits per heavy atom. The van der Waals surface area contributed by atoms with Gasteiger partial charge in [-0.05, 0) is 49.8 Å². The molecule has 29 heavy (non-hydrogen) atoms. The summed E-state index contributed by atoms with van der Waals surface area (Å²) in [4.78, 5) is 30.6. The number of anilines is 1. The molecule has 5 heterocycles. The predicted molar refractivity (Wildman–Crippen MR) is 111 cm³/mol. The lowest BCUT2D eigenvalue weighted by Gasteiger charge is -2.57. The molecule has 3 saturated heterocycles. The predicted octanol–water partition coefficient (Wildman–Crippen LogP) is 1.98. The van der Waals surface area contributed by atoms with Gasteiger partial charge in [-0.2, -0.15) is 0 Å². The minimum absolute atomic E-state index is 0.00956. The fourth-order valence-corrected chi connectivity index (χ4v) is 5.63. The van der Waals surface area contributed by atoms with Crippen LogP contribution in [0.4, 0.5) is 5.82 Å². The van der Waals surface area contributed by atoms with E-state index in [1.807, 2.05) is 6.20 Å². The van der Waals surface area contributed by atoms with Gasteiger partial charge in [-0.15, -0.1) is 0 Å². The van der Waals surface area contributed by atoms with E-state index < -0.39 is 0 Å². The van der Waals surface area contributed by atoms with Gasteiger partial charge >= 0.3 is 0 Å². The van der Waals surface area contributed by atoms with Crippen LogP contribution in [0.5, 0.6) is 0 Å². The summed E-state index contributed by atoms with van der Waals surface area (Å²) < 4.78 is 0. The van der Waals surface area contributed by atoms with E-state index in [0.717, 1.165) is 25.5 Å².